The normalized spacial score (nSPS) is 13.1. The van der Waals surface area contributed by atoms with Gasteiger partial charge < -0.3 is 15.5 Å². The predicted molar refractivity (Wildman–Crippen MR) is 59.3 cm³/mol. The molecule has 0 aliphatic carbocycles. The molecular formula is C10H20N4O. The highest BCUT2D eigenvalue weighted by Gasteiger charge is 2.15. The van der Waals surface area contributed by atoms with Crippen molar-refractivity contribution in [3.8, 4) is 0 Å². The molecule has 1 rings (SSSR count). The highest BCUT2D eigenvalue weighted by molar-refractivity contribution is 5.19. The second-order valence-electron chi connectivity index (χ2n) is 3.71. The Morgan fingerprint density at radius 3 is 2.47 bits per heavy atom. The molecule has 1 aromatic rings. The van der Waals surface area contributed by atoms with Crippen LogP contribution < -0.4 is 11.1 Å². The number of rotatable bonds is 6. The van der Waals surface area contributed by atoms with E-state index in [0.717, 1.165) is 12.8 Å². The van der Waals surface area contributed by atoms with Crippen molar-refractivity contribution in [1.82, 2.24) is 10.2 Å². The first-order valence-corrected chi connectivity index (χ1v) is 5.50. The molecule has 0 spiro atoms. The summed E-state index contributed by atoms with van der Waals surface area (Å²) in [5, 5.41) is 10.9. The fourth-order valence-electron chi connectivity index (χ4n) is 1.70. The maximum absolute atomic E-state index is 5.38. The SMILES string of the molecule is CCC(CC)C(C)Nc1nnc(CN)o1. The van der Waals surface area contributed by atoms with Crippen LogP contribution in [0.25, 0.3) is 0 Å². The third-order valence-corrected chi connectivity index (χ3v) is 2.75. The highest BCUT2D eigenvalue weighted by Crippen LogP contribution is 2.17. The van der Waals surface area contributed by atoms with Crippen molar-refractivity contribution in [3.63, 3.8) is 0 Å². The van der Waals surface area contributed by atoms with E-state index >= 15 is 0 Å². The van der Waals surface area contributed by atoms with E-state index in [1.165, 1.54) is 0 Å². The lowest BCUT2D eigenvalue weighted by Gasteiger charge is -2.20. The third kappa shape index (κ3) is 3.20. The zero-order valence-corrected chi connectivity index (χ0v) is 9.66. The number of nitrogens with two attached hydrogens (primary N) is 1. The average Bonchev–Trinajstić information content (AvgIpc) is 2.67. The maximum Gasteiger partial charge on any atom is 0.315 e. The lowest BCUT2D eigenvalue weighted by Crippen LogP contribution is -2.25. The minimum absolute atomic E-state index is 0.286. The Morgan fingerprint density at radius 2 is 2.00 bits per heavy atom. The fourth-order valence-corrected chi connectivity index (χ4v) is 1.70. The predicted octanol–water partition coefficient (Wildman–Crippen LogP) is 1.76. The molecule has 0 amide bonds. The molecule has 0 fully saturated rings. The fraction of sp³-hybridized carbons (Fsp3) is 0.800. The van der Waals surface area contributed by atoms with Crippen molar-refractivity contribution < 1.29 is 4.42 Å². The Morgan fingerprint density at radius 1 is 1.33 bits per heavy atom. The molecule has 1 aromatic heterocycles. The van der Waals surface area contributed by atoms with Crippen LogP contribution in [0.15, 0.2) is 4.42 Å². The molecule has 5 nitrogen and oxygen atoms in total. The summed E-state index contributed by atoms with van der Waals surface area (Å²) in [6, 6.07) is 0.806. The topological polar surface area (TPSA) is 77.0 Å². The second kappa shape index (κ2) is 5.70. The lowest BCUT2D eigenvalue weighted by molar-refractivity contribution is 0.421. The van der Waals surface area contributed by atoms with Gasteiger partial charge in [0.25, 0.3) is 0 Å². The zero-order chi connectivity index (χ0) is 11.3. The Kier molecular flexibility index (Phi) is 4.55. The Bertz CT molecular complexity index is 283. The summed E-state index contributed by atoms with van der Waals surface area (Å²) < 4.78 is 5.28. The summed E-state index contributed by atoms with van der Waals surface area (Å²) in [7, 11) is 0. The number of aromatic nitrogens is 2. The van der Waals surface area contributed by atoms with Crippen molar-refractivity contribution in [2.45, 2.75) is 46.2 Å². The van der Waals surface area contributed by atoms with Gasteiger partial charge in [0.05, 0.1) is 6.54 Å². The molecule has 5 heteroatoms. The standard InChI is InChI=1S/C10H20N4O/c1-4-8(5-2)7(3)12-10-14-13-9(6-11)15-10/h7-8H,4-6,11H2,1-3H3,(H,12,14). The van der Waals surface area contributed by atoms with Crippen molar-refractivity contribution in [2.24, 2.45) is 11.7 Å². The Hall–Kier alpha value is -1.10. The van der Waals surface area contributed by atoms with Crippen LogP contribution in [0.2, 0.25) is 0 Å². The zero-order valence-electron chi connectivity index (χ0n) is 9.66. The number of nitrogens with zero attached hydrogens (tertiary/aromatic N) is 2. The molecule has 0 saturated carbocycles. The molecule has 0 radical (unpaired) electrons. The minimum Gasteiger partial charge on any atom is -0.407 e. The van der Waals surface area contributed by atoms with E-state index in [9.17, 15) is 0 Å². The molecule has 0 saturated heterocycles. The minimum atomic E-state index is 0.286. The summed E-state index contributed by atoms with van der Waals surface area (Å²) in [5.41, 5.74) is 5.38. The van der Waals surface area contributed by atoms with Gasteiger partial charge in [0.1, 0.15) is 0 Å². The third-order valence-electron chi connectivity index (χ3n) is 2.75. The van der Waals surface area contributed by atoms with Crippen LogP contribution in [-0.4, -0.2) is 16.2 Å². The molecule has 0 aromatic carbocycles. The molecule has 15 heavy (non-hydrogen) atoms. The first-order chi connectivity index (χ1) is 7.21. The summed E-state index contributed by atoms with van der Waals surface area (Å²) in [6.07, 6.45) is 2.28. The van der Waals surface area contributed by atoms with E-state index in [2.05, 4.69) is 36.3 Å². The quantitative estimate of drug-likeness (QED) is 0.751. The first-order valence-electron chi connectivity index (χ1n) is 5.50. The summed E-state index contributed by atoms with van der Waals surface area (Å²) in [5.74, 6) is 1.09. The van der Waals surface area contributed by atoms with E-state index in [-0.39, 0.29) is 6.54 Å². The monoisotopic (exact) mass is 212 g/mol. The molecule has 1 heterocycles. The van der Waals surface area contributed by atoms with Crippen LogP contribution in [-0.2, 0) is 6.54 Å². The van der Waals surface area contributed by atoms with Gasteiger partial charge in [0.15, 0.2) is 0 Å². The van der Waals surface area contributed by atoms with Gasteiger partial charge in [-0.1, -0.05) is 31.8 Å². The number of hydrogen-bond acceptors (Lipinski definition) is 5. The molecule has 86 valence electrons. The van der Waals surface area contributed by atoms with E-state index in [1.807, 2.05) is 0 Å². The molecular weight excluding hydrogens is 192 g/mol. The first kappa shape index (κ1) is 12.0. The van der Waals surface area contributed by atoms with Crippen LogP contribution in [0.5, 0.6) is 0 Å². The van der Waals surface area contributed by atoms with E-state index in [4.69, 9.17) is 10.2 Å². The number of hydrogen-bond donors (Lipinski definition) is 2. The Labute approximate surface area is 90.4 Å². The van der Waals surface area contributed by atoms with Crippen LogP contribution >= 0.6 is 0 Å². The number of anilines is 1. The van der Waals surface area contributed by atoms with Crippen molar-refractivity contribution in [2.75, 3.05) is 5.32 Å². The molecule has 0 bridgehead atoms. The van der Waals surface area contributed by atoms with Crippen molar-refractivity contribution in [1.29, 1.82) is 0 Å². The van der Waals surface area contributed by atoms with Gasteiger partial charge in [0, 0.05) is 6.04 Å². The second-order valence-corrected chi connectivity index (χ2v) is 3.71. The van der Waals surface area contributed by atoms with Crippen LogP contribution in [0.3, 0.4) is 0 Å². The summed E-state index contributed by atoms with van der Waals surface area (Å²) in [4.78, 5) is 0. The van der Waals surface area contributed by atoms with Gasteiger partial charge in [-0.25, -0.2) is 0 Å². The van der Waals surface area contributed by atoms with Gasteiger partial charge >= 0.3 is 6.01 Å². The van der Waals surface area contributed by atoms with Gasteiger partial charge in [-0.15, -0.1) is 5.10 Å². The van der Waals surface area contributed by atoms with E-state index in [1.54, 1.807) is 0 Å². The lowest BCUT2D eigenvalue weighted by atomic mass is 9.96. The van der Waals surface area contributed by atoms with Crippen LogP contribution in [0.1, 0.15) is 39.5 Å². The average molecular weight is 212 g/mol. The molecule has 1 atom stereocenters. The number of nitrogens with one attached hydrogen (secondary N) is 1. The smallest absolute Gasteiger partial charge is 0.315 e. The Balaban J connectivity index is 2.53. The van der Waals surface area contributed by atoms with E-state index in [0.29, 0.717) is 23.9 Å². The van der Waals surface area contributed by atoms with Crippen LogP contribution in [0.4, 0.5) is 6.01 Å². The van der Waals surface area contributed by atoms with Crippen LogP contribution in [0, 0.1) is 5.92 Å². The van der Waals surface area contributed by atoms with Gasteiger partial charge in [-0.3, -0.25) is 0 Å². The maximum atomic E-state index is 5.38. The van der Waals surface area contributed by atoms with Crippen molar-refractivity contribution >= 4 is 6.01 Å². The van der Waals surface area contributed by atoms with Gasteiger partial charge in [0.2, 0.25) is 5.89 Å². The highest BCUT2D eigenvalue weighted by atomic mass is 16.4. The van der Waals surface area contributed by atoms with Crippen molar-refractivity contribution in [3.05, 3.63) is 5.89 Å². The van der Waals surface area contributed by atoms with Gasteiger partial charge in [-0.05, 0) is 12.8 Å². The van der Waals surface area contributed by atoms with Gasteiger partial charge in [-0.2, -0.15) is 0 Å². The largest absolute Gasteiger partial charge is 0.407 e. The summed E-state index contributed by atoms with van der Waals surface area (Å²) in [6.45, 7) is 6.79. The van der Waals surface area contributed by atoms with E-state index < -0.39 is 0 Å². The molecule has 0 aliphatic heterocycles. The molecule has 0 aliphatic rings. The molecule has 1 unspecified atom stereocenters. The summed E-state index contributed by atoms with van der Waals surface area (Å²) >= 11 is 0. The molecule has 3 N–H and O–H groups in total.